The van der Waals surface area contributed by atoms with Crippen molar-refractivity contribution in [3.8, 4) is 0 Å². The number of quaternary nitrogens is 1. The van der Waals surface area contributed by atoms with Gasteiger partial charge in [0.2, 0.25) is 0 Å². The molecule has 16 heavy (non-hydrogen) atoms. The first kappa shape index (κ1) is 15.1. The van der Waals surface area contributed by atoms with Gasteiger partial charge in [0.25, 0.3) is 0 Å². The van der Waals surface area contributed by atoms with E-state index in [0.717, 1.165) is 6.42 Å². The van der Waals surface area contributed by atoms with E-state index in [0.29, 0.717) is 0 Å². The molecule has 94 valence electrons. The minimum atomic E-state index is -6.09. The van der Waals surface area contributed by atoms with Gasteiger partial charge in [0.15, 0.2) is 10.1 Å². The van der Waals surface area contributed by atoms with Crippen LogP contribution in [0.3, 0.4) is 0 Å². The molecule has 0 aromatic heterocycles. The molecular formula is C8H12F3NO3S. The van der Waals surface area contributed by atoms with Crippen molar-refractivity contribution in [3.63, 3.8) is 0 Å². The summed E-state index contributed by atoms with van der Waals surface area (Å²) in [6.07, 6.45) is 7.71. The Morgan fingerprint density at radius 3 is 2.00 bits per heavy atom. The molecule has 0 radical (unpaired) electrons. The Labute approximate surface area is 91.8 Å². The first-order valence-corrected chi connectivity index (χ1v) is 5.73. The van der Waals surface area contributed by atoms with E-state index in [9.17, 15) is 13.2 Å². The molecule has 0 saturated heterocycles. The number of nitrogens with one attached hydrogen (secondary N) is 1. The van der Waals surface area contributed by atoms with Gasteiger partial charge >= 0.3 is 5.51 Å². The predicted molar refractivity (Wildman–Crippen MR) is 50.2 cm³/mol. The standard InChI is InChI=1S/C7H11N.CHF3O3S/c1-3-7-4-5-8(2)6-7;2-1(3,4)8(5,6)7/h4-6H,3H2,1-2H3;(H,5,6,7). The Kier molecular flexibility index (Phi) is 5.17. The number of hydrogen-bond donors (Lipinski definition) is 1. The average Bonchev–Trinajstić information content (AvgIpc) is 2.48. The number of hydrogen-bond acceptors (Lipinski definition) is 3. The van der Waals surface area contributed by atoms with Crippen molar-refractivity contribution < 1.29 is 31.0 Å². The minimum absolute atomic E-state index is 1.16. The lowest BCUT2D eigenvalue weighted by molar-refractivity contribution is -0.763. The number of allylic oxidation sites excluding steroid dienone is 2. The molecule has 4 nitrogen and oxygen atoms in total. The molecule has 8 heteroatoms. The van der Waals surface area contributed by atoms with Gasteiger partial charge in [-0.2, -0.15) is 13.2 Å². The molecule has 0 aliphatic carbocycles. The lowest BCUT2D eigenvalue weighted by Crippen LogP contribution is -2.98. The second-order valence-corrected chi connectivity index (χ2v) is 4.42. The smallest absolute Gasteiger partial charge is 0.485 e. The van der Waals surface area contributed by atoms with Gasteiger partial charge in [-0.15, -0.1) is 0 Å². The Bertz CT molecular complexity index is 384. The van der Waals surface area contributed by atoms with Crippen molar-refractivity contribution in [1.82, 2.24) is 0 Å². The van der Waals surface area contributed by atoms with Crippen molar-refractivity contribution in [1.29, 1.82) is 0 Å². The van der Waals surface area contributed by atoms with E-state index >= 15 is 0 Å². The molecule has 0 aromatic rings. The summed E-state index contributed by atoms with van der Waals surface area (Å²) in [4.78, 5) is 1.38. The van der Waals surface area contributed by atoms with Crippen molar-refractivity contribution in [2.75, 3.05) is 7.05 Å². The fraction of sp³-hybridized carbons (Fsp3) is 0.500. The highest BCUT2D eigenvalue weighted by molar-refractivity contribution is 7.86. The molecule has 0 bridgehead atoms. The molecule has 1 unspecified atom stereocenters. The zero-order chi connectivity index (χ0) is 13.0. The zero-order valence-electron chi connectivity index (χ0n) is 8.71. The van der Waals surface area contributed by atoms with Gasteiger partial charge in [0, 0.05) is 11.6 Å². The van der Waals surface area contributed by atoms with E-state index < -0.39 is 15.6 Å². The summed E-state index contributed by atoms with van der Waals surface area (Å²) in [6.45, 7) is 2.18. The average molecular weight is 259 g/mol. The summed E-state index contributed by atoms with van der Waals surface area (Å²) < 4.78 is 58.9. The Balaban J connectivity index is 0.000000281. The van der Waals surface area contributed by atoms with Crippen LogP contribution in [0.2, 0.25) is 0 Å². The lowest BCUT2D eigenvalue weighted by atomic mass is 10.2. The summed E-state index contributed by atoms with van der Waals surface area (Å²) in [5, 5.41) is 0. The maximum Gasteiger partial charge on any atom is 0.485 e. The molecule has 1 atom stereocenters. The van der Waals surface area contributed by atoms with E-state index in [-0.39, 0.29) is 0 Å². The van der Waals surface area contributed by atoms with Crippen LogP contribution in [0.25, 0.3) is 0 Å². The molecule has 0 fully saturated rings. The zero-order valence-corrected chi connectivity index (χ0v) is 9.52. The SMILES string of the molecule is CCC1=C[NH+](C)C=C1.O=S(=O)([O-])C(F)(F)F. The van der Waals surface area contributed by atoms with E-state index in [4.69, 9.17) is 13.0 Å². The van der Waals surface area contributed by atoms with Crippen molar-refractivity contribution in [2.24, 2.45) is 0 Å². The predicted octanol–water partition coefficient (Wildman–Crippen LogP) is 0.374. The maximum absolute atomic E-state index is 10.7. The van der Waals surface area contributed by atoms with Crippen LogP contribution >= 0.6 is 0 Å². The van der Waals surface area contributed by atoms with Gasteiger partial charge in [0.1, 0.15) is 6.20 Å². The molecule has 1 aliphatic heterocycles. The summed E-state index contributed by atoms with van der Waals surface area (Å²) in [5.74, 6) is 0. The second-order valence-electron chi connectivity index (χ2n) is 3.05. The minimum Gasteiger partial charge on any atom is -0.741 e. The summed E-state index contributed by atoms with van der Waals surface area (Å²) in [5.41, 5.74) is -4.20. The third-order valence-corrected chi connectivity index (χ3v) is 2.23. The normalized spacial score (nSPS) is 20.1. The monoisotopic (exact) mass is 259 g/mol. The third kappa shape index (κ3) is 5.29. The first-order chi connectivity index (χ1) is 7.08. The van der Waals surface area contributed by atoms with Crippen molar-refractivity contribution in [3.05, 3.63) is 24.0 Å². The van der Waals surface area contributed by atoms with Crippen LogP contribution < -0.4 is 4.90 Å². The molecule has 1 aliphatic rings. The summed E-state index contributed by atoms with van der Waals surface area (Å²) in [6, 6.07) is 0. The Hall–Kier alpha value is -0.860. The highest BCUT2D eigenvalue weighted by Gasteiger charge is 2.36. The van der Waals surface area contributed by atoms with Crippen molar-refractivity contribution >= 4 is 10.1 Å². The lowest BCUT2D eigenvalue weighted by Gasteiger charge is -2.08. The topological polar surface area (TPSA) is 61.6 Å². The second kappa shape index (κ2) is 5.46. The van der Waals surface area contributed by atoms with Crippen LogP contribution in [0, 0.1) is 0 Å². The number of halogens is 3. The number of alkyl halides is 3. The molecule has 1 N–H and O–H groups in total. The molecule has 0 spiro atoms. The molecular weight excluding hydrogens is 247 g/mol. The Morgan fingerprint density at radius 1 is 1.44 bits per heavy atom. The van der Waals surface area contributed by atoms with Crippen LogP contribution in [0.4, 0.5) is 13.2 Å². The van der Waals surface area contributed by atoms with E-state index in [1.165, 1.54) is 10.5 Å². The molecule has 0 saturated carbocycles. The van der Waals surface area contributed by atoms with Gasteiger partial charge in [-0.25, -0.2) is 8.42 Å². The van der Waals surface area contributed by atoms with Crippen LogP contribution in [0.1, 0.15) is 13.3 Å². The largest absolute Gasteiger partial charge is 0.741 e. The van der Waals surface area contributed by atoms with Crippen LogP contribution in [0.5, 0.6) is 0 Å². The van der Waals surface area contributed by atoms with Crippen molar-refractivity contribution in [2.45, 2.75) is 18.9 Å². The van der Waals surface area contributed by atoms with Gasteiger partial charge in [-0.05, 0) is 6.42 Å². The molecule has 0 aromatic carbocycles. The first-order valence-electron chi connectivity index (χ1n) is 4.32. The fourth-order valence-electron chi connectivity index (χ4n) is 0.847. The van der Waals surface area contributed by atoms with E-state index in [2.05, 4.69) is 32.4 Å². The number of rotatable bonds is 1. The van der Waals surface area contributed by atoms with Gasteiger partial charge in [0.05, 0.1) is 13.2 Å². The quantitative estimate of drug-likeness (QED) is 0.547. The maximum atomic E-state index is 10.7. The molecule has 0 amide bonds. The van der Waals surface area contributed by atoms with Crippen LogP contribution in [0.15, 0.2) is 24.0 Å². The van der Waals surface area contributed by atoms with Crippen LogP contribution in [-0.2, 0) is 10.1 Å². The highest BCUT2D eigenvalue weighted by Crippen LogP contribution is 2.20. The van der Waals surface area contributed by atoms with E-state index in [1.807, 2.05) is 0 Å². The van der Waals surface area contributed by atoms with E-state index in [1.54, 1.807) is 0 Å². The van der Waals surface area contributed by atoms with Gasteiger partial charge in [-0.1, -0.05) is 6.92 Å². The summed E-state index contributed by atoms with van der Waals surface area (Å²) >= 11 is 0. The Morgan fingerprint density at radius 2 is 1.88 bits per heavy atom. The van der Waals surface area contributed by atoms with Gasteiger partial charge in [-0.3, -0.25) is 4.90 Å². The van der Waals surface area contributed by atoms with Gasteiger partial charge < -0.3 is 4.55 Å². The molecule has 1 rings (SSSR count). The highest BCUT2D eigenvalue weighted by atomic mass is 32.2. The summed E-state index contributed by atoms with van der Waals surface area (Å²) in [7, 11) is -3.97. The third-order valence-electron chi connectivity index (χ3n) is 1.67. The molecule has 1 heterocycles. The fourth-order valence-corrected chi connectivity index (χ4v) is 0.847. The van der Waals surface area contributed by atoms with Crippen LogP contribution in [-0.4, -0.2) is 25.5 Å².